The van der Waals surface area contributed by atoms with Crippen LogP contribution in [-0.2, 0) is 6.42 Å². The second kappa shape index (κ2) is 3.93. The van der Waals surface area contributed by atoms with Crippen LogP contribution in [0.3, 0.4) is 0 Å². The first-order valence-corrected chi connectivity index (χ1v) is 3.89. The van der Waals surface area contributed by atoms with Crippen molar-refractivity contribution in [3.63, 3.8) is 0 Å². The van der Waals surface area contributed by atoms with Gasteiger partial charge < -0.3 is 10.8 Å². The zero-order valence-electron chi connectivity index (χ0n) is 6.96. The van der Waals surface area contributed by atoms with Crippen LogP contribution >= 0.6 is 0 Å². The fourth-order valence-electron chi connectivity index (χ4n) is 1.09. The van der Waals surface area contributed by atoms with Gasteiger partial charge >= 0.3 is 0 Å². The normalized spacial score (nSPS) is 9.75. The second-order valence-corrected chi connectivity index (χ2v) is 2.64. The highest BCUT2D eigenvalue weighted by Gasteiger charge is 1.97. The molecule has 0 aromatic heterocycles. The van der Waals surface area contributed by atoms with Crippen LogP contribution < -0.4 is 5.73 Å². The fourth-order valence-corrected chi connectivity index (χ4v) is 1.09. The fraction of sp³-hybridized carbons (Fsp3) is 0.200. The van der Waals surface area contributed by atoms with Crippen LogP contribution in [0.4, 0.5) is 5.69 Å². The van der Waals surface area contributed by atoms with Crippen molar-refractivity contribution < 1.29 is 5.11 Å². The van der Waals surface area contributed by atoms with Gasteiger partial charge in [-0.1, -0.05) is 18.7 Å². The van der Waals surface area contributed by atoms with E-state index in [0.717, 1.165) is 16.8 Å². The molecule has 0 amide bonds. The van der Waals surface area contributed by atoms with Gasteiger partial charge in [-0.05, 0) is 29.7 Å². The molecule has 64 valence electrons. The summed E-state index contributed by atoms with van der Waals surface area (Å²) in [7, 11) is 0. The Labute approximate surface area is 72.3 Å². The average molecular weight is 163 g/mol. The minimum atomic E-state index is 0.130. The lowest BCUT2D eigenvalue weighted by Crippen LogP contribution is -1.97. The first kappa shape index (κ1) is 8.81. The lowest BCUT2D eigenvalue weighted by molar-refractivity contribution is 0.300. The van der Waals surface area contributed by atoms with E-state index in [1.807, 2.05) is 18.2 Å². The number of nitrogen functional groups attached to an aromatic ring is 1. The van der Waals surface area contributed by atoms with Crippen molar-refractivity contribution in [1.29, 1.82) is 0 Å². The van der Waals surface area contributed by atoms with Crippen molar-refractivity contribution in [2.75, 3.05) is 12.3 Å². The summed E-state index contributed by atoms with van der Waals surface area (Å²) in [6, 6.07) is 5.68. The first-order valence-electron chi connectivity index (χ1n) is 3.89. The van der Waals surface area contributed by atoms with Crippen LogP contribution in [-0.4, -0.2) is 11.7 Å². The van der Waals surface area contributed by atoms with E-state index in [4.69, 9.17) is 10.8 Å². The number of aliphatic hydroxyl groups is 1. The Hall–Kier alpha value is -1.28. The van der Waals surface area contributed by atoms with Crippen molar-refractivity contribution >= 4 is 11.8 Å². The van der Waals surface area contributed by atoms with E-state index < -0.39 is 0 Å². The zero-order chi connectivity index (χ0) is 8.97. The largest absolute Gasteiger partial charge is 0.399 e. The Morgan fingerprint density at radius 2 is 2.25 bits per heavy atom. The average Bonchev–Trinajstić information content (AvgIpc) is 2.09. The van der Waals surface area contributed by atoms with Crippen LogP contribution in [0.5, 0.6) is 0 Å². The van der Waals surface area contributed by atoms with E-state index >= 15 is 0 Å². The van der Waals surface area contributed by atoms with Crippen molar-refractivity contribution in [3.8, 4) is 0 Å². The molecule has 2 nitrogen and oxygen atoms in total. The van der Waals surface area contributed by atoms with Crippen LogP contribution in [0, 0.1) is 0 Å². The van der Waals surface area contributed by atoms with Crippen molar-refractivity contribution in [2.24, 2.45) is 0 Å². The number of benzene rings is 1. The SMILES string of the molecule is C=Cc1ccc(N)c(CCO)c1. The van der Waals surface area contributed by atoms with Gasteiger partial charge in [0.2, 0.25) is 0 Å². The molecular formula is C10H13NO. The number of anilines is 1. The van der Waals surface area contributed by atoms with Crippen molar-refractivity contribution in [3.05, 3.63) is 35.9 Å². The highest BCUT2D eigenvalue weighted by Crippen LogP contribution is 2.15. The molecule has 0 bridgehead atoms. The molecule has 0 radical (unpaired) electrons. The van der Waals surface area contributed by atoms with E-state index in [1.54, 1.807) is 6.08 Å². The second-order valence-electron chi connectivity index (χ2n) is 2.64. The molecule has 1 rings (SSSR count). The Kier molecular flexibility index (Phi) is 2.88. The van der Waals surface area contributed by atoms with Crippen LogP contribution in [0.1, 0.15) is 11.1 Å². The maximum atomic E-state index is 8.73. The minimum absolute atomic E-state index is 0.130. The van der Waals surface area contributed by atoms with Gasteiger partial charge in [-0.3, -0.25) is 0 Å². The molecule has 0 saturated heterocycles. The number of nitrogens with two attached hydrogens (primary N) is 1. The third kappa shape index (κ3) is 1.86. The van der Waals surface area contributed by atoms with Gasteiger partial charge in [0.25, 0.3) is 0 Å². The molecule has 3 N–H and O–H groups in total. The third-order valence-corrected chi connectivity index (χ3v) is 1.78. The molecule has 1 aromatic rings. The van der Waals surface area contributed by atoms with Gasteiger partial charge in [0.05, 0.1) is 0 Å². The third-order valence-electron chi connectivity index (χ3n) is 1.78. The summed E-state index contributed by atoms with van der Waals surface area (Å²) >= 11 is 0. The summed E-state index contributed by atoms with van der Waals surface area (Å²) in [5.41, 5.74) is 8.43. The molecule has 0 atom stereocenters. The van der Waals surface area contributed by atoms with Gasteiger partial charge in [0.15, 0.2) is 0 Å². The highest BCUT2D eigenvalue weighted by molar-refractivity contribution is 5.56. The maximum Gasteiger partial charge on any atom is 0.0472 e. The molecule has 0 heterocycles. The Bertz CT molecular complexity index is 281. The first-order chi connectivity index (χ1) is 5.77. The zero-order valence-corrected chi connectivity index (χ0v) is 6.96. The van der Waals surface area contributed by atoms with Crippen LogP contribution in [0.2, 0.25) is 0 Å². The number of aliphatic hydroxyl groups excluding tert-OH is 1. The van der Waals surface area contributed by atoms with Crippen LogP contribution in [0.15, 0.2) is 24.8 Å². The molecule has 0 fully saturated rings. The molecule has 0 aliphatic rings. The quantitative estimate of drug-likeness (QED) is 0.662. The standard InChI is InChI=1S/C10H13NO/c1-2-8-3-4-10(11)9(7-8)5-6-12/h2-4,7,12H,1,5-6,11H2. The number of hydrogen-bond donors (Lipinski definition) is 2. The summed E-state index contributed by atoms with van der Waals surface area (Å²) < 4.78 is 0. The van der Waals surface area contributed by atoms with Gasteiger partial charge in [-0.2, -0.15) is 0 Å². The molecule has 2 heteroatoms. The minimum Gasteiger partial charge on any atom is -0.399 e. The molecule has 0 aliphatic carbocycles. The lowest BCUT2D eigenvalue weighted by atomic mass is 10.1. The summed E-state index contributed by atoms with van der Waals surface area (Å²) in [4.78, 5) is 0. The molecule has 0 spiro atoms. The Morgan fingerprint density at radius 3 is 2.83 bits per heavy atom. The predicted molar refractivity (Wildman–Crippen MR) is 51.7 cm³/mol. The van der Waals surface area contributed by atoms with Crippen molar-refractivity contribution in [1.82, 2.24) is 0 Å². The van der Waals surface area contributed by atoms with E-state index in [9.17, 15) is 0 Å². The molecular weight excluding hydrogens is 150 g/mol. The smallest absolute Gasteiger partial charge is 0.0472 e. The maximum absolute atomic E-state index is 8.73. The van der Waals surface area contributed by atoms with E-state index in [-0.39, 0.29) is 6.61 Å². The molecule has 1 aromatic carbocycles. The van der Waals surface area contributed by atoms with Crippen molar-refractivity contribution in [2.45, 2.75) is 6.42 Å². The summed E-state index contributed by atoms with van der Waals surface area (Å²) in [5.74, 6) is 0. The lowest BCUT2D eigenvalue weighted by Gasteiger charge is -2.04. The van der Waals surface area contributed by atoms with Gasteiger partial charge in [-0.25, -0.2) is 0 Å². The molecule has 0 unspecified atom stereocenters. The summed E-state index contributed by atoms with van der Waals surface area (Å²) in [5, 5.41) is 8.73. The summed E-state index contributed by atoms with van der Waals surface area (Å²) in [6.07, 6.45) is 2.37. The molecule has 0 aliphatic heterocycles. The highest BCUT2D eigenvalue weighted by atomic mass is 16.2. The summed E-state index contributed by atoms with van der Waals surface area (Å²) in [6.45, 7) is 3.79. The Morgan fingerprint density at radius 1 is 1.50 bits per heavy atom. The molecule has 12 heavy (non-hydrogen) atoms. The van der Waals surface area contributed by atoms with Gasteiger partial charge in [-0.15, -0.1) is 0 Å². The van der Waals surface area contributed by atoms with E-state index in [2.05, 4.69) is 6.58 Å². The van der Waals surface area contributed by atoms with E-state index in [1.165, 1.54) is 0 Å². The monoisotopic (exact) mass is 163 g/mol. The Balaban J connectivity index is 2.99. The van der Waals surface area contributed by atoms with Gasteiger partial charge in [0.1, 0.15) is 0 Å². The molecule has 0 saturated carbocycles. The number of hydrogen-bond acceptors (Lipinski definition) is 2. The predicted octanol–water partition coefficient (Wildman–Crippen LogP) is 1.45. The van der Waals surface area contributed by atoms with Gasteiger partial charge in [0, 0.05) is 12.3 Å². The van der Waals surface area contributed by atoms with Crippen LogP contribution in [0.25, 0.3) is 6.08 Å². The topological polar surface area (TPSA) is 46.2 Å². The number of rotatable bonds is 3. The van der Waals surface area contributed by atoms with E-state index in [0.29, 0.717) is 6.42 Å².